The molecule has 0 saturated heterocycles. The number of nitrogen functional groups attached to an aromatic ring is 1. The smallest absolute Gasteiger partial charge is 0.146 e. The Morgan fingerprint density at radius 2 is 2.14 bits per heavy atom. The van der Waals surface area contributed by atoms with E-state index in [1.54, 1.807) is 6.20 Å². The van der Waals surface area contributed by atoms with Crippen molar-refractivity contribution < 1.29 is 4.74 Å². The van der Waals surface area contributed by atoms with Gasteiger partial charge in [0.2, 0.25) is 0 Å². The summed E-state index contributed by atoms with van der Waals surface area (Å²) in [6.07, 6.45) is 1.63. The monoisotopic (exact) mass is 404 g/mol. The van der Waals surface area contributed by atoms with Gasteiger partial charge in [0.1, 0.15) is 17.5 Å². The zero-order chi connectivity index (χ0) is 16.5. The van der Waals surface area contributed by atoms with Crippen molar-refractivity contribution in [1.29, 1.82) is 0 Å². The molecular weight excluding hydrogens is 384 g/mol. The van der Waals surface area contributed by atoms with Gasteiger partial charge >= 0.3 is 0 Å². The summed E-state index contributed by atoms with van der Waals surface area (Å²) in [6.45, 7) is 8.10. The number of rotatable bonds is 6. The maximum absolute atomic E-state index is 6.42. The number of halogens is 2. The molecule has 0 atom stereocenters. The Balaban J connectivity index is 2.29. The Morgan fingerprint density at radius 1 is 1.45 bits per heavy atom. The topological polar surface area (TPSA) is 65.1 Å². The largest absolute Gasteiger partial charge is 0.396 e. The number of ether oxygens (including phenoxy) is 1. The van der Waals surface area contributed by atoms with Crippen molar-refractivity contribution in [2.75, 3.05) is 24.7 Å². The van der Waals surface area contributed by atoms with E-state index in [1.165, 1.54) is 0 Å². The van der Waals surface area contributed by atoms with E-state index in [1.807, 2.05) is 11.6 Å². The lowest BCUT2D eigenvalue weighted by molar-refractivity contribution is 0.0900. The fourth-order valence-corrected chi connectivity index (χ4v) is 3.73. The minimum absolute atomic E-state index is 0.380. The van der Waals surface area contributed by atoms with Crippen LogP contribution in [0.3, 0.4) is 0 Å². The molecule has 0 aromatic carbocycles. The molecule has 0 aliphatic rings. The minimum atomic E-state index is -1.10. The van der Waals surface area contributed by atoms with Gasteiger partial charge in [0.05, 0.1) is 27.4 Å². The Labute approximate surface area is 145 Å². The molecule has 5 nitrogen and oxygen atoms in total. The number of nitrogens with two attached hydrogens (primary N) is 1. The molecule has 0 aliphatic heterocycles. The van der Waals surface area contributed by atoms with Gasteiger partial charge in [-0.15, -0.1) is 0 Å². The molecule has 2 aromatic heterocycles. The van der Waals surface area contributed by atoms with Gasteiger partial charge in [-0.2, -0.15) is 0 Å². The SMILES string of the molecule is CNc1c(N)cnc2c1c(Br)c(Cl)n2COCC[Si](C)(C)C. The molecule has 3 N–H and O–H groups in total. The van der Waals surface area contributed by atoms with Crippen LogP contribution in [0.2, 0.25) is 30.8 Å². The van der Waals surface area contributed by atoms with Gasteiger partial charge in [0, 0.05) is 21.7 Å². The molecule has 0 unspecified atom stereocenters. The van der Waals surface area contributed by atoms with Crippen LogP contribution in [0, 0.1) is 0 Å². The summed E-state index contributed by atoms with van der Waals surface area (Å²) in [4.78, 5) is 4.41. The van der Waals surface area contributed by atoms with Crippen LogP contribution in [0.25, 0.3) is 11.0 Å². The molecule has 2 heterocycles. The number of nitrogens with one attached hydrogen (secondary N) is 1. The molecule has 2 aromatic rings. The number of hydrogen-bond donors (Lipinski definition) is 2. The van der Waals surface area contributed by atoms with Gasteiger partial charge in [0.25, 0.3) is 0 Å². The fraction of sp³-hybridized carbons (Fsp3) is 0.500. The van der Waals surface area contributed by atoms with E-state index in [-0.39, 0.29) is 0 Å². The summed E-state index contributed by atoms with van der Waals surface area (Å²) in [6, 6.07) is 1.12. The predicted octanol–water partition coefficient (Wildman–Crippen LogP) is 4.39. The van der Waals surface area contributed by atoms with Gasteiger partial charge < -0.3 is 15.8 Å². The van der Waals surface area contributed by atoms with Gasteiger partial charge in [-0.3, -0.25) is 4.57 Å². The van der Waals surface area contributed by atoms with Crippen LogP contribution in [0.15, 0.2) is 10.7 Å². The molecule has 0 bridgehead atoms. The summed E-state index contributed by atoms with van der Waals surface area (Å²) in [5.74, 6) is 0. The first-order chi connectivity index (χ1) is 10.3. The van der Waals surface area contributed by atoms with Crippen molar-refractivity contribution in [3.63, 3.8) is 0 Å². The number of nitrogens with zero attached hydrogens (tertiary/aromatic N) is 2. The summed E-state index contributed by atoms with van der Waals surface area (Å²) >= 11 is 9.95. The summed E-state index contributed by atoms with van der Waals surface area (Å²) < 4.78 is 8.43. The maximum Gasteiger partial charge on any atom is 0.146 e. The second-order valence-corrected chi connectivity index (χ2v) is 13.2. The number of aromatic nitrogens is 2. The van der Waals surface area contributed by atoms with Crippen molar-refractivity contribution in [3.05, 3.63) is 15.8 Å². The van der Waals surface area contributed by atoms with Crippen LogP contribution in [0.1, 0.15) is 0 Å². The van der Waals surface area contributed by atoms with E-state index in [0.29, 0.717) is 17.6 Å². The third-order valence-electron chi connectivity index (χ3n) is 3.45. The molecular formula is C14H22BrClN4OSi. The van der Waals surface area contributed by atoms with Crippen LogP contribution in [0.5, 0.6) is 0 Å². The average molecular weight is 406 g/mol. The van der Waals surface area contributed by atoms with Gasteiger partial charge in [-0.05, 0) is 22.0 Å². The van der Waals surface area contributed by atoms with E-state index in [9.17, 15) is 0 Å². The first-order valence-corrected chi connectivity index (χ1v) is 12.0. The zero-order valence-electron chi connectivity index (χ0n) is 13.3. The van der Waals surface area contributed by atoms with Crippen molar-refractivity contribution in [3.8, 4) is 0 Å². The van der Waals surface area contributed by atoms with E-state index < -0.39 is 8.07 Å². The molecule has 0 saturated carbocycles. The van der Waals surface area contributed by atoms with Gasteiger partial charge in [0.15, 0.2) is 0 Å². The fourth-order valence-electron chi connectivity index (χ4n) is 2.16. The molecule has 0 fully saturated rings. The van der Waals surface area contributed by atoms with Crippen LogP contribution < -0.4 is 11.1 Å². The second-order valence-electron chi connectivity index (χ2n) is 6.42. The summed E-state index contributed by atoms with van der Waals surface area (Å²) in [5, 5.41) is 4.55. The molecule has 0 radical (unpaired) electrons. The number of hydrogen-bond acceptors (Lipinski definition) is 4. The third kappa shape index (κ3) is 3.59. The number of fused-ring (bicyclic) bond motifs is 1. The average Bonchev–Trinajstić information content (AvgIpc) is 2.67. The number of anilines is 2. The van der Waals surface area contributed by atoms with Crippen molar-refractivity contribution >= 4 is 58.0 Å². The molecule has 0 amide bonds. The van der Waals surface area contributed by atoms with E-state index >= 15 is 0 Å². The maximum atomic E-state index is 6.42. The van der Waals surface area contributed by atoms with Crippen molar-refractivity contribution in [2.45, 2.75) is 32.4 Å². The Kier molecular flexibility index (Phi) is 5.42. The second kappa shape index (κ2) is 6.78. The lowest BCUT2D eigenvalue weighted by Crippen LogP contribution is -2.22. The zero-order valence-corrected chi connectivity index (χ0v) is 16.7. The van der Waals surface area contributed by atoms with E-state index in [2.05, 4.69) is 45.9 Å². The highest BCUT2D eigenvalue weighted by Gasteiger charge is 2.20. The number of pyridine rings is 1. The molecule has 22 heavy (non-hydrogen) atoms. The highest BCUT2D eigenvalue weighted by atomic mass is 79.9. The van der Waals surface area contributed by atoms with Crippen molar-refractivity contribution in [2.24, 2.45) is 0 Å². The third-order valence-corrected chi connectivity index (χ3v) is 6.55. The van der Waals surface area contributed by atoms with Gasteiger partial charge in [-0.25, -0.2) is 4.98 Å². The highest BCUT2D eigenvalue weighted by molar-refractivity contribution is 9.10. The minimum Gasteiger partial charge on any atom is -0.396 e. The summed E-state index contributed by atoms with van der Waals surface area (Å²) in [7, 11) is 0.728. The normalized spacial score (nSPS) is 12.1. The van der Waals surface area contributed by atoms with Crippen molar-refractivity contribution in [1.82, 2.24) is 9.55 Å². The lowest BCUT2D eigenvalue weighted by Gasteiger charge is -2.16. The Morgan fingerprint density at radius 3 is 2.73 bits per heavy atom. The molecule has 2 rings (SSSR count). The first kappa shape index (κ1) is 17.6. The van der Waals surface area contributed by atoms with Crippen LogP contribution in [0.4, 0.5) is 11.4 Å². The summed E-state index contributed by atoms with van der Waals surface area (Å²) in [5.41, 5.74) is 8.13. The lowest BCUT2D eigenvalue weighted by atomic mass is 10.2. The first-order valence-electron chi connectivity index (χ1n) is 7.13. The van der Waals surface area contributed by atoms with Crippen LogP contribution in [-0.4, -0.2) is 31.3 Å². The van der Waals surface area contributed by atoms with E-state index in [4.69, 9.17) is 22.1 Å². The highest BCUT2D eigenvalue weighted by Crippen LogP contribution is 2.40. The molecule has 8 heteroatoms. The van der Waals surface area contributed by atoms with E-state index in [0.717, 1.165) is 33.8 Å². The quantitative estimate of drug-likeness (QED) is 0.552. The predicted molar refractivity (Wildman–Crippen MR) is 101 cm³/mol. The van der Waals surface area contributed by atoms with Crippen LogP contribution in [-0.2, 0) is 11.5 Å². The Bertz CT molecular complexity index is 684. The molecule has 0 aliphatic carbocycles. The van der Waals surface area contributed by atoms with Crippen LogP contribution >= 0.6 is 27.5 Å². The molecule has 122 valence electrons. The Hall–Kier alpha value is -0.763. The molecule has 0 spiro atoms. The van der Waals surface area contributed by atoms with Gasteiger partial charge in [-0.1, -0.05) is 31.2 Å². The standard InChI is InChI=1S/C14H22BrClN4OSi/c1-18-12-9(17)7-19-14-10(12)11(15)13(16)20(14)8-21-5-6-22(2,3)4/h7H,5-6,8,17H2,1-4H3,(H,18,19).